The second kappa shape index (κ2) is 5.19. The average Bonchev–Trinajstić information content (AvgIpc) is 2.40. The molecule has 1 aromatic carbocycles. The van der Waals surface area contributed by atoms with Gasteiger partial charge in [0.15, 0.2) is 0 Å². The maximum Gasteiger partial charge on any atom is 0.0511 e. The molecule has 2 atom stereocenters. The minimum Gasteiger partial charge on any atom is -0.369 e. The summed E-state index contributed by atoms with van der Waals surface area (Å²) in [6.07, 6.45) is 1.20. The van der Waals surface area contributed by atoms with Gasteiger partial charge in [0.25, 0.3) is 0 Å². The Kier molecular flexibility index (Phi) is 3.87. The Balaban J connectivity index is 2.17. The van der Waals surface area contributed by atoms with Crippen LogP contribution < -0.4 is 10.2 Å². The van der Waals surface area contributed by atoms with Crippen LogP contribution >= 0.6 is 15.9 Å². The molecule has 3 heteroatoms. The van der Waals surface area contributed by atoms with Crippen molar-refractivity contribution in [2.45, 2.75) is 32.4 Å². The minimum absolute atomic E-state index is 0.546. The van der Waals surface area contributed by atoms with Crippen molar-refractivity contribution >= 4 is 21.6 Å². The Labute approximate surface area is 106 Å². The van der Waals surface area contributed by atoms with E-state index in [1.54, 1.807) is 0 Å². The molecule has 1 heterocycles. The maximum absolute atomic E-state index is 3.63. The predicted molar refractivity (Wildman–Crippen MR) is 73.0 cm³/mol. The third-order valence-electron chi connectivity index (χ3n) is 3.09. The fourth-order valence-electron chi connectivity index (χ4n) is 2.32. The molecule has 0 bridgehead atoms. The van der Waals surface area contributed by atoms with Crippen molar-refractivity contribution in [1.29, 1.82) is 0 Å². The molecule has 1 aliphatic rings. The molecule has 0 saturated carbocycles. The van der Waals surface area contributed by atoms with Gasteiger partial charge in [0.1, 0.15) is 0 Å². The molecule has 0 aliphatic carbocycles. The topological polar surface area (TPSA) is 15.3 Å². The van der Waals surface area contributed by atoms with Crippen LogP contribution in [0.25, 0.3) is 0 Å². The van der Waals surface area contributed by atoms with Gasteiger partial charge >= 0.3 is 0 Å². The van der Waals surface area contributed by atoms with Gasteiger partial charge in [-0.2, -0.15) is 0 Å². The summed E-state index contributed by atoms with van der Waals surface area (Å²) >= 11 is 3.63. The fourth-order valence-corrected chi connectivity index (χ4v) is 2.86. The molecule has 1 saturated heterocycles. The molecule has 1 aliphatic heterocycles. The van der Waals surface area contributed by atoms with Crippen LogP contribution in [0.4, 0.5) is 5.69 Å². The highest BCUT2D eigenvalue weighted by Gasteiger charge is 2.19. The van der Waals surface area contributed by atoms with E-state index < -0.39 is 0 Å². The number of rotatable bonds is 1. The molecule has 16 heavy (non-hydrogen) atoms. The van der Waals surface area contributed by atoms with Crippen molar-refractivity contribution in [2.75, 3.05) is 18.0 Å². The second-order valence-corrected chi connectivity index (χ2v) is 5.51. The third kappa shape index (κ3) is 2.77. The quantitative estimate of drug-likeness (QED) is 0.852. The first-order valence-electron chi connectivity index (χ1n) is 5.92. The first-order valence-corrected chi connectivity index (χ1v) is 6.71. The molecule has 0 radical (unpaired) electrons. The lowest BCUT2D eigenvalue weighted by Crippen LogP contribution is -2.37. The van der Waals surface area contributed by atoms with Gasteiger partial charge in [-0.05, 0) is 48.3 Å². The molecular formula is C13H19BrN2. The Bertz CT molecular complexity index is 354. The summed E-state index contributed by atoms with van der Waals surface area (Å²) < 4.78 is 1.19. The van der Waals surface area contributed by atoms with Crippen molar-refractivity contribution in [3.05, 3.63) is 28.7 Å². The number of nitrogens with zero attached hydrogens (tertiary/aromatic N) is 1. The zero-order valence-corrected chi connectivity index (χ0v) is 11.5. The van der Waals surface area contributed by atoms with E-state index in [9.17, 15) is 0 Å². The van der Waals surface area contributed by atoms with Gasteiger partial charge in [-0.25, -0.2) is 0 Å². The lowest BCUT2D eigenvalue weighted by Gasteiger charge is -2.25. The number of anilines is 1. The molecule has 88 valence electrons. The van der Waals surface area contributed by atoms with E-state index >= 15 is 0 Å². The summed E-state index contributed by atoms with van der Waals surface area (Å²) in [5.74, 6) is 0. The number of halogens is 1. The van der Waals surface area contributed by atoms with Crippen molar-refractivity contribution in [1.82, 2.24) is 5.32 Å². The highest BCUT2D eigenvalue weighted by Crippen LogP contribution is 2.26. The molecule has 2 rings (SSSR count). The van der Waals surface area contributed by atoms with E-state index in [4.69, 9.17) is 0 Å². The number of benzene rings is 1. The monoisotopic (exact) mass is 282 g/mol. The van der Waals surface area contributed by atoms with Crippen LogP contribution in [0.15, 0.2) is 28.7 Å². The van der Waals surface area contributed by atoms with Gasteiger partial charge in [0.2, 0.25) is 0 Å². The zero-order valence-electron chi connectivity index (χ0n) is 9.91. The lowest BCUT2D eigenvalue weighted by atomic mass is 10.2. The van der Waals surface area contributed by atoms with E-state index in [0.29, 0.717) is 12.1 Å². The maximum atomic E-state index is 3.63. The number of hydrogen-bond donors (Lipinski definition) is 1. The van der Waals surface area contributed by atoms with E-state index in [2.05, 4.69) is 64.3 Å². The third-order valence-corrected chi connectivity index (χ3v) is 3.76. The van der Waals surface area contributed by atoms with Crippen LogP contribution in [-0.2, 0) is 0 Å². The molecule has 1 fully saturated rings. The zero-order chi connectivity index (χ0) is 11.5. The van der Waals surface area contributed by atoms with Gasteiger partial charge < -0.3 is 10.2 Å². The van der Waals surface area contributed by atoms with Gasteiger partial charge in [-0.3, -0.25) is 0 Å². The number of nitrogens with one attached hydrogen (secondary N) is 1. The summed E-state index contributed by atoms with van der Waals surface area (Å²) in [6.45, 7) is 6.72. The highest BCUT2D eigenvalue weighted by molar-refractivity contribution is 9.10. The van der Waals surface area contributed by atoms with Crippen LogP contribution in [0.1, 0.15) is 20.3 Å². The summed E-state index contributed by atoms with van der Waals surface area (Å²) in [5.41, 5.74) is 1.31. The van der Waals surface area contributed by atoms with Crippen LogP contribution in [0.5, 0.6) is 0 Å². The highest BCUT2D eigenvalue weighted by atomic mass is 79.9. The van der Waals surface area contributed by atoms with E-state index in [0.717, 1.165) is 13.1 Å². The average molecular weight is 283 g/mol. The van der Waals surface area contributed by atoms with Gasteiger partial charge in [-0.15, -0.1) is 0 Å². The van der Waals surface area contributed by atoms with Gasteiger partial charge in [0, 0.05) is 29.6 Å². The Morgan fingerprint density at radius 2 is 2.00 bits per heavy atom. The summed E-state index contributed by atoms with van der Waals surface area (Å²) in [5, 5.41) is 3.60. The van der Waals surface area contributed by atoms with Crippen LogP contribution in [-0.4, -0.2) is 25.2 Å². The molecule has 2 nitrogen and oxygen atoms in total. The van der Waals surface area contributed by atoms with Gasteiger partial charge in [-0.1, -0.05) is 12.1 Å². The molecular weight excluding hydrogens is 264 g/mol. The van der Waals surface area contributed by atoms with Crippen LogP contribution in [0.3, 0.4) is 0 Å². The van der Waals surface area contributed by atoms with Crippen molar-refractivity contribution in [3.63, 3.8) is 0 Å². The normalized spacial score (nSPS) is 26.6. The van der Waals surface area contributed by atoms with Gasteiger partial charge in [0.05, 0.1) is 5.69 Å². The van der Waals surface area contributed by atoms with Crippen LogP contribution in [0, 0.1) is 0 Å². The first kappa shape index (κ1) is 11.9. The molecule has 0 spiro atoms. The molecule has 1 N–H and O–H groups in total. The predicted octanol–water partition coefficient (Wildman–Crippen LogP) is 3.03. The summed E-state index contributed by atoms with van der Waals surface area (Å²) in [7, 11) is 0. The molecule has 1 aromatic rings. The largest absolute Gasteiger partial charge is 0.369 e. The summed E-state index contributed by atoms with van der Waals surface area (Å²) in [4.78, 5) is 2.46. The van der Waals surface area contributed by atoms with Crippen LogP contribution in [0.2, 0.25) is 0 Å². The van der Waals surface area contributed by atoms with Crippen molar-refractivity contribution < 1.29 is 0 Å². The number of hydrogen-bond acceptors (Lipinski definition) is 2. The smallest absolute Gasteiger partial charge is 0.0511 e. The standard InChI is InChI=1S/C13H19BrN2/c1-10-7-8-16(9-11(2)15-10)13-6-4-3-5-12(13)14/h3-6,10-11,15H,7-9H2,1-2H3. The Morgan fingerprint density at radius 1 is 1.25 bits per heavy atom. The first-order chi connectivity index (χ1) is 7.66. The minimum atomic E-state index is 0.546. The summed E-state index contributed by atoms with van der Waals surface area (Å²) in [6, 6.07) is 9.63. The Morgan fingerprint density at radius 3 is 2.75 bits per heavy atom. The molecule has 2 unspecified atom stereocenters. The van der Waals surface area contributed by atoms with E-state index in [1.807, 2.05) is 0 Å². The molecule has 0 amide bonds. The van der Waals surface area contributed by atoms with Crippen molar-refractivity contribution in [2.24, 2.45) is 0 Å². The SMILES string of the molecule is CC1CCN(c2ccccc2Br)CC(C)N1. The van der Waals surface area contributed by atoms with Crippen molar-refractivity contribution in [3.8, 4) is 0 Å². The Hall–Kier alpha value is -0.540. The molecule has 0 aromatic heterocycles. The fraction of sp³-hybridized carbons (Fsp3) is 0.538. The number of para-hydroxylation sites is 1. The lowest BCUT2D eigenvalue weighted by molar-refractivity contribution is 0.492. The second-order valence-electron chi connectivity index (χ2n) is 4.65. The van der Waals surface area contributed by atoms with E-state index in [1.165, 1.54) is 16.6 Å². The van der Waals surface area contributed by atoms with E-state index in [-0.39, 0.29) is 0 Å².